The standard InChI is InChI=1S/C22H25N5O4/c1-13-19(21(28)26-16-7-5-6-8-17(16)30-3)20(27-22(25-13)23-12-24-27)15-10-9-14(29-2)11-18(15)31-4/h5-13,19-20H,1-4H3,(H,26,28)(H,23,24,25)/t13-,19-,20+/m0/s1. The highest BCUT2D eigenvalue weighted by Gasteiger charge is 2.42. The van der Waals surface area contributed by atoms with Crippen molar-refractivity contribution in [3.63, 3.8) is 0 Å². The molecule has 1 aliphatic rings. The monoisotopic (exact) mass is 423 g/mol. The van der Waals surface area contributed by atoms with E-state index in [1.54, 1.807) is 38.1 Å². The number of nitrogens with one attached hydrogen (secondary N) is 2. The molecule has 2 aromatic carbocycles. The Morgan fingerprint density at radius 1 is 1.06 bits per heavy atom. The number of anilines is 2. The van der Waals surface area contributed by atoms with Gasteiger partial charge in [-0.15, -0.1) is 0 Å². The first kappa shape index (κ1) is 20.5. The first-order chi connectivity index (χ1) is 15.1. The number of para-hydroxylation sites is 2. The van der Waals surface area contributed by atoms with Gasteiger partial charge in [0.05, 0.1) is 39.0 Å². The van der Waals surface area contributed by atoms with Crippen LogP contribution < -0.4 is 24.8 Å². The molecule has 3 atom stereocenters. The summed E-state index contributed by atoms with van der Waals surface area (Å²) in [4.78, 5) is 17.9. The molecule has 0 radical (unpaired) electrons. The van der Waals surface area contributed by atoms with Crippen molar-refractivity contribution in [2.75, 3.05) is 32.0 Å². The van der Waals surface area contributed by atoms with E-state index in [-0.39, 0.29) is 11.9 Å². The Morgan fingerprint density at radius 2 is 1.84 bits per heavy atom. The average Bonchev–Trinajstić information content (AvgIpc) is 3.26. The van der Waals surface area contributed by atoms with Gasteiger partial charge in [0.15, 0.2) is 0 Å². The Labute approximate surface area is 180 Å². The second kappa shape index (κ2) is 8.55. The highest BCUT2D eigenvalue weighted by atomic mass is 16.5. The Kier molecular flexibility index (Phi) is 5.66. The summed E-state index contributed by atoms with van der Waals surface area (Å²) in [5.41, 5.74) is 1.41. The number of hydrogen-bond donors (Lipinski definition) is 2. The van der Waals surface area contributed by atoms with Gasteiger partial charge in [-0.1, -0.05) is 12.1 Å². The van der Waals surface area contributed by atoms with Crippen molar-refractivity contribution in [3.8, 4) is 17.2 Å². The maximum atomic E-state index is 13.6. The van der Waals surface area contributed by atoms with Crippen molar-refractivity contribution in [1.82, 2.24) is 14.8 Å². The normalized spacial score (nSPS) is 19.7. The van der Waals surface area contributed by atoms with Gasteiger partial charge in [-0.3, -0.25) is 4.79 Å². The molecule has 2 heterocycles. The van der Waals surface area contributed by atoms with Gasteiger partial charge in [-0.25, -0.2) is 4.68 Å². The highest BCUT2D eigenvalue weighted by Crippen LogP contribution is 2.41. The van der Waals surface area contributed by atoms with Crippen LogP contribution in [0.5, 0.6) is 17.2 Å². The van der Waals surface area contributed by atoms with Crippen molar-refractivity contribution in [1.29, 1.82) is 0 Å². The largest absolute Gasteiger partial charge is 0.497 e. The number of fused-ring (bicyclic) bond motifs is 1. The van der Waals surface area contributed by atoms with Crippen molar-refractivity contribution >= 4 is 17.5 Å². The molecule has 0 fully saturated rings. The SMILES string of the molecule is COc1ccc([C@@H]2[C@@H](C(=O)Nc3ccccc3OC)[C@H](C)Nc3ncnn32)c(OC)c1. The Balaban J connectivity index is 1.78. The zero-order valence-corrected chi connectivity index (χ0v) is 17.8. The Hall–Kier alpha value is -3.75. The van der Waals surface area contributed by atoms with E-state index in [9.17, 15) is 4.79 Å². The maximum Gasteiger partial charge on any atom is 0.232 e. The number of benzene rings is 2. The minimum atomic E-state index is -0.513. The predicted octanol–water partition coefficient (Wildman–Crippen LogP) is 2.96. The minimum absolute atomic E-state index is 0.173. The summed E-state index contributed by atoms with van der Waals surface area (Å²) in [7, 11) is 4.76. The van der Waals surface area contributed by atoms with E-state index in [0.29, 0.717) is 28.9 Å². The number of carbonyl (C=O) groups is 1. The third-order valence-electron chi connectivity index (χ3n) is 5.50. The highest BCUT2D eigenvalue weighted by molar-refractivity contribution is 5.95. The van der Waals surface area contributed by atoms with Crippen LogP contribution in [0.2, 0.25) is 0 Å². The van der Waals surface area contributed by atoms with Crippen molar-refractivity contribution in [2.45, 2.75) is 19.0 Å². The summed E-state index contributed by atoms with van der Waals surface area (Å²) in [5.74, 6) is 1.77. The van der Waals surface area contributed by atoms with Crippen LogP contribution in [0, 0.1) is 5.92 Å². The summed E-state index contributed by atoms with van der Waals surface area (Å²) < 4.78 is 18.1. The summed E-state index contributed by atoms with van der Waals surface area (Å²) in [6.07, 6.45) is 1.47. The number of aromatic nitrogens is 3. The summed E-state index contributed by atoms with van der Waals surface area (Å²) in [6, 6.07) is 12.2. The molecule has 1 aromatic heterocycles. The fourth-order valence-electron chi connectivity index (χ4n) is 4.00. The molecule has 4 rings (SSSR count). The first-order valence-electron chi connectivity index (χ1n) is 9.89. The number of ether oxygens (including phenoxy) is 3. The van der Waals surface area contributed by atoms with Gasteiger partial charge in [0.25, 0.3) is 0 Å². The zero-order valence-electron chi connectivity index (χ0n) is 17.8. The topological polar surface area (TPSA) is 99.5 Å². The number of carbonyl (C=O) groups excluding carboxylic acids is 1. The molecule has 9 heteroatoms. The molecule has 0 spiro atoms. The second-order valence-electron chi connectivity index (χ2n) is 7.23. The van der Waals surface area contributed by atoms with Crippen LogP contribution in [0.4, 0.5) is 11.6 Å². The predicted molar refractivity (Wildman–Crippen MR) is 116 cm³/mol. The zero-order chi connectivity index (χ0) is 22.0. The van der Waals surface area contributed by atoms with Gasteiger partial charge >= 0.3 is 0 Å². The second-order valence-corrected chi connectivity index (χ2v) is 7.23. The van der Waals surface area contributed by atoms with Crippen LogP contribution in [0.25, 0.3) is 0 Å². The molecule has 0 saturated carbocycles. The quantitative estimate of drug-likeness (QED) is 0.629. The van der Waals surface area contributed by atoms with Crippen LogP contribution in [0.15, 0.2) is 48.8 Å². The van der Waals surface area contributed by atoms with E-state index >= 15 is 0 Å². The van der Waals surface area contributed by atoms with Gasteiger partial charge < -0.3 is 24.8 Å². The number of nitrogens with zero attached hydrogens (tertiary/aromatic N) is 3. The fraction of sp³-hybridized carbons (Fsp3) is 0.318. The third-order valence-corrected chi connectivity index (χ3v) is 5.50. The van der Waals surface area contributed by atoms with Gasteiger partial charge in [-0.2, -0.15) is 10.1 Å². The molecule has 31 heavy (non-hydrogen) atoms. The molecular weight excluding hydrogens is 398 g/mol. The average molecular weight is 423 g/mol. The maximum absolute atomic E-state index is 13.6. The molecule has 9 nitrogen and oxygen atoms in total. The van der Waals surface area contributed by atoms with Crippen LogP contribution in [-0.4, -0.2) is 48.0 Å². The first-order valence-corrected chi connectivity index (χ1v) is 9.89. The van der Waals surface area contributed by atoms with Crippen LogP contribution in [-0.2, 0) is 4.79 Å². The molecule has 0 saturated heterocycles. The lowest BCUT2D eigenvalue weighted by atomic mass is 9.85. The van der Waals surface area contributed by atoms with E-state index in [2.05, 4.69) is 20.7 Å². The lowest BCUT2D eigenvalue weighted by Crippen LogP contribution is -2.46. The fourth-order valence-corrected chi connectivity index (χ4v) is 4.00. The molecule has 0 unspecified atom stereocenters. The van der Waals surface area contributed by atoms with Crippen molar-refractivity contribution in [2.24, 2.45) is 5.92 Å². The van der Waals surface area contributed by atoms with E-state index in [4.69, 9.17) is 14.2 Å². The lowest BCUT2D eigenvalue weighted by Gasteiger charge is -2.37. The number of rotatable bonds is 6. The molecule has 162 valence electrons. The molecule has 1 amide bonds. The van der Waals surface area contributed by atoms with E-state index in [0.717, 1.165) is 5.56 Å². The van der Waals surface area contributed by atoms with Gasteiger partial charge in [-0.05, 0) is 31.2 Å². The van der Waals surface area contributed by atoms with Crippen LogP contribution >= 0.6 is 0 Å². The molecule has 0 aliphatic carbocycles. The van der Waals surface area contributed by atoms with Crippen LogP contribution in [0.1, 0.15) is 18.5 Å². The van der Waals surface area contributed by atoms with Crippen molar-refractivity contribution < 1.29 is 19.0 Å². The third kappa shape index (κ3) is 3.74. The van der Waals surface area contributed by atoms with E-state index in [1.807, 2.05) is 37.3 Å². The molecular formula is C22H25N5O4. The number of amides is 1. The summed E-state index contributed by atoms with van der Waals surface area (Å²) in [5, 5.41) is 10.7. The lowest BCUT2D eigenvalue weighted by molar-refractivity contribution is -0.121. The summed E-state index contributed by atoms with van der Waals surface area (Å²) in [6.45, 7) is 1.95. The molecule has 1 aliphatic heterocycles. The Morgan fingerprint density at radius 3 is 2.58 bits per heavy atom. The smallest absolute Gasteiger partial charge is 0.232 e. The van der Waals surface area contributed by atoms with Crippen LogP contribution in [0.3, 0.4) is 0 Å². The molecule has 0 bridgehead atoms. The number of hydrogen-bond acceptors (Lipinski definition) is 7. The van der Waals surface area contributed by atoms with Gasteiger partial charge in [0, 0.05) is 17.7 Å². The summed E-state index contributed by atoms with van der Waals surface area (Å²) >= 11 is 0. The molecule has 3 aromatic rings. The van der Waals surface area contributed by atoms with Gasteiger partial charge in [0.2, 0.25) is 11.9 Å². The van der Waals surface area contributed by atoms with Gasteiger partial charge in [0.1, 0.15) is 23.6 Å². The van der Waals surface area contributed by atoms with Crippen molar-refractivity contribution in [3.05, 3.63) is 54.4 Å². The minimum Gasteiger partial charge on any atom is -0.497 e. The number of methoxy groups -OCH3 is 3. The molecule has 2 N–H and O–H groups in total. The van der Waals surface area contributed by atoms with E-state index < -0.39 is 12.0 Å². The van der Waals surface area contributed by atoms with E-state index in [1.165, 1.54) is 6.33 Å². The Bertz CT molecular complexity index is 1080.